The van der Waals surface area contributed by atoms with E-state index >= 15 is 0 Å². The predicted octanol–water partition coefficient (Wildman–Crippen LogP) is 2.08. The first kappa shape index (κ1) is 17.2. The van der Waals surface area contributed by atoms with Gasteiger partial charge in [-0.15, -0.1) is 0 Å². The molecule has 2 aromatic rings. The number of nitrogens with zero attached hydrogens (tertiary/aromatic N) is 1. The lowest BCUT2D eigenvalue weighted by Crippen LogP contribution is -2.26. The second-order valence-corrected chi connectivity index (χ2v) is 7.87. The number of aryl methyl sites for hydroxylation is 1. The Kier molecular flexibility index (Phi) is 4.36. The van der Waals surface area contributed by atoms with Gasteiger partial charge in [-0.2, -0.15) is 4.31 Å². The number of amides is 1. The Morgan fingerprint density at radius 1 is 1.16 bits per heavy atom. The summed E-state index contributed by atoms with van der Waals surface area (Å²) in [5.74, 6) is -1.45. The van der Waals surface area contributed by atoms with Crippen molar-refractivity contribution in [2.45, 2.75) is 24.9 Å². The van der Waals surface area contributed by atoms with Gasteiger partial charge < -0.3 is 10.8 Å². The van der Waals surface area contributed by atoms with Gasteiger partial charge in [0.25, 0.3) is 5.91 Å². The lowest BCUT2D eigenvalue weighted by molar-refractivity contribution is -0.116. The Hall–Kier alpha value is -2.64. The van der Waals surface area contributed by atoms with E-state index < -0.39 is 21.7 Å². The molecule has 0 atom stereocenters. The average molecular weight is 358 g/mol. The van der Waals surface area contributed by atoms with E-state index in [9.17, 15) is 18.3 Å². The van der Waals surface area contributed by atoms with Crippen LogP contribution in [0.2, 0.25) is 0 Å². The molecule has 1 amide bonds. The van der Waals surface area contributed by atoms with E-state index in [2.05, 4.69) is 0 Å². The molecule has 0 bridgehead atoms. The highest BCUT2D eigenvalue weighted by Gasteiger charge is 2.31. The minimum atomic E-state index is -3.59. The number of nitrogens with two attached hydrogens (primary N) is 1. The minimum Gasteiger partial charge on any atom is -0.503 e. The minimum absolute atomic E-state index is 0.241. The molecule has 130 valence electrons. The van der Waals surface area contributed by atoms with Crippen LogP contribution in [-0.2, 0) is 27.9 Å². The fourth-order valence-electron chi connectivity index (χ4n) is 2.86. The molecular formula is C18H18N2O4S. The number of hydrogen-bond donors (Lipinski definition) is 2. The summed E-state index contributed by atoms with van der Waals surface area (Å²) in [5, 5.41) is 9.47. The number of primary amides is 1. The van der Waals surface area contributed by atoms with Crippen LogP contribution in [0.5, 0.6) is 0 Å². The van der Waals surface area contributed by atoms with Crippen LogP contribution in [0.15, 0.2) is 53.1 Å². The highest BCUT2D eigenvalue weighted by Crippen LogP contribution is 2.30. The zero-order chi connectivity index (χ0) is 18.2. The number of carbonyl (C=O) groups excluding carboxylic acids is 1. The third-order valence-electron chi connectivity index (χ3n) is 4.19. The Balaban J connectivity index is 1.90. The molecule has 0 fully saturated rings. The van der Waals surface area contributed by atoms with Crippen molar-refractivity contribution in [2.75, 3.05) is 0 Å². The first-order chi connectivity index (χ1) is 11.8. The molecule has 0 radical (unpaired) electrons. The van der Waals surface area contributed by atoms with Crippen molar-refractivity contribution in [2.24, 2.45) is 5.73 Å². The zero-order valence-electron chi connectivity index (χ0n) is 13.6. The smallest absolute Gasteiger partial charge is 0.283 e. The highest BCUT2D eigenvalue weighted by atomic mass is 32.2. The van der Waals surface area contributed by atoms with Gasteiger partial charge in [-0.3, -0.25) is 4.79 Å². The van der Waals surface area contributed by atoms with Crippen molar-refractivity contribution in [3.63, 3.8) is 0 Å². The van der Waals surface area contributed by atoms with Gasteiger partial charge in [0.1, 0.15) is 0 Å². The number of aliphatic hydroxyl groups excluding tert-OH is 1. The summed E-state index contributed by atoms with van der Waals surface area (Å²) in [5.41, 5.74) is 8.03. The molecular weight excluding hydrogens is 340 g/mol. The molecule has 6 nitrogen and oxygen atoms in total. The van der Waals surface area contributed by atoms with E-state index in [0.29, 0.717) is 16.0 Å². The van der Waals surface area contributed by atoms with Crippen LogP contribution in [-0.4, -0.2) is 23.7 Å². The number of rotatable bonds is 4. The van der Waals surface area contributed by atoms with Gasteiger partial charge in [-0.1, -0.05) is 30.3 Å². The van der Waals surface area contributed by atoms with E-state index in [-0.39, 0.29) is 13.1 Å². The van der Waals surface area contributed by atoms with E-state index in [4.69, 9.17) is 5.73 Å². The van der Waals surface area contributed by atoms with Crippen LogP contribution in [0.1, 0.15) is 22.3 Å². The summed E-state index contributed by atoms with van der Waals surface area (Å²) in [6.45, 7) is 2.30. The summed E-state index contributed by atoms with van der Waals surface area (Å²) in [6, 6.07) is 12.1. The quantitative estimate of drug-likeness (QED) is 0.645. The summed E-state index contributed by atoms with van der Waals surface area (Å²) in [4.78, 5) is 11.2. The topological polar surface area (TPSA) is 101 Å². The average Bonchev–Trinajstić information content (AvgIpc) is 2.99. The maximum Gasteiger partial charge on any atom is 0.283 e. The van der Waals surface area contributed by atoms with Crippen molar-refractivity contribution in [3.8, 4) is 0 Å². The van der Waals surface area contributed by atoms with Gasteiger partial charge in [0.2, 0.25) is 10.0 Å². The van der Waals surface area contributed by atoms with Gasteiger partial charge in [0.15, 0.2) is 5.76 Å². The van der Waals surface area contributed by atoms with Crippen molar-refractivity contribution >= 4 is 22.0 Å². The number of carbonyl (C=O) groups is 1. The van der Waals surface area contributed by atoms with Gasteiger partial charge in [0.05, 0.1) is 4.90 Å². The largest absolute Gasteiger partial charge is 0.503 e. The highest BCUT2D eigenvalue weighted by molar-refractivity contribution is 7.89. The molecule has 3 rings (SSSR count). The molecule has 0 saturated carbocycles. The third kappa shape index (κ3) is 3.29. The molecule has 0 aliphatic carbocycles. The van der Waals surface area contributed by atoms with Crippen molar-refractivity contribution in [1.82, 2.24) is 4.31 Å². The first-order valence-corrected chi connectivity index (χ1v) is 9.11. The second-order valence-electron chi connectivity index (χ2n) is 5.96. The van der Waals surface area contributed by atoms with E-state index in [1.165, 1.54) is 10.4 Å². The van der Waals surface area contributed by atoms with Crippen LogP contribution in [0.3, 0.4) is 0 Å². The summed E-state index contributed by atoms with van der Waals surface area (Å²) in [6.07, 6.45) is 1.26. The Morgan fingerprint density at radius 3 is 2.52 bits per heavy atom. The summed E-state index contributed by atoms with van der Waals surface area (Å²) < 4.78 is 27.2. The molecule has 2 aromatic carbocycles. The third-order valence-corrected chi connectivity index (χ3v) is 6.14. The van der Waals surface area contributed by atoms with E-state index in [1.54, 1.807) is 49.4 Å². The van der Waals surface area contributed by atoms with Gasteiger partial charge >= 0.3 is 0 Å². The SMILES string of the molecule is Cc1ccccc1S(=O)(=O)N1Cc2ccc(C=C(O)C(N)=O)cc2C1. The van der Waals surface area contributed by atoms with Crippen LogP contribution in [0, 0.1) is 6.92 Å². The molecule has 0 spiro atoms. The Labute approximate surface area is 146 Å². The van der Waals surface area contributed by atoms with Crippen LogP contribution < -0.4 is 5.73 Å². The normalized spacial score (nSPS) is 15.2. The summed E-state index contributed by atoms with van der Waals surface area (Å²) in [7, 11) is -3.59. The van der Waals surface area contributed by atoms with Crippen LogP contribution in [0.25, 0.3) is 6.08 Å². The maximum absolute atomic E-state index is 12.9. The number of hydrogen-bond acceptors (Lipinski definition) is 4. The van der Waals surface area contributed by atoms with Gasteiger partial charge in [0, 0.05) is 13.1 Å². The first-order valence-electron chi connectivity index (χ1n) is 7.67. The molecule has 1 aliphatic rings. The van der Waals surface area contributed by atoms with Crippen LogP contribution >= 0.6 is 0 Å². The number of fused-ring (bicyclic) bond motifs is 1. The monoisotopic (exact) mass is 358 g/mol. The zero-order valence-corrected chi connectivity index (χ0v) is 14.5. The fourth-order valence-corrected chi connectivity index (χ4v) is 4.48. The molecule has 1 heterocycles. The number of aliphatic hydroxyl groups is 1. The lowest BCUT2D eigenvalue weighted by Gasteiger charge is -2.17. The molecule has 0 aromatic heterocycles. The van der Waals surface area contributed by atoms with Crippen molar-refractivity contribution < 1.29 is 18.3 Å². The van der Waals surface area contributed by atoms with Gasteiger partial charge in [-0.25, -0.2) is 8.42 Å². The predicted molar refractivity (Wildman–Crippen MR) is 93.9 cm³/mol. The standard InChI is InChI=1S/C18H18N2O4S/c1-12-4-2-3-5-17(12)25(23,24)20-10-14-7-6-13(8-15(14)11-20)9-16(21)18(19)22/h2-9,21H,10-11H2,1H3,(H2,19,22). The second kappa shape index (κ2) is 6.34. The van der Waals surface area contributed by atoms with Gasteiger partial charge in [-0.05, 0) is 47.4 Å². The van der Waals surface area contributed by atoms with Crippen molar-refractivity contribution in [3.05, 3.63) is 70.5 Å². The summed E-state index contributed by atoms with van der Waals surface area (Å²) >= 11 is 0. The number of sulfonamides is 1. The lowest BCUT2D eigenvalue weighted by atomic mass is 10.1. The Bertz CT molecular complexity index is 980. The van der Waals surface area contributed by atoms with E-state index in [1.807, 2.05) is 0 Å². The number of benzene rings is 2. The maximum atomic E-state index is 12.9. The Morgan fingerprint density at radius 2 is 1.84 bits per heavy atom. The van der Waals surface area contributed by atoms with E-state index in [0.717, 1.165) is 11.1 Å². The molecule has 25 heavy (non-hydrogen) atoms. The fraction of sp³-hybridized carbons (Fsp3) is 0.167. The molecule has 3 N–H and O–H groups in total. The molecule has 7 heteroatoms. The van der Waals surface area contributed by atoms with Crippen molar-refractivity contribution in [1.29, 1.82) is 0 Å². The molecule has 0 unspecified atom stereocenters. The molecule has 1 aliphatic heterocycles. The molecule has 0 saturated heterocycles. The van der Waals surface area contributed by atoms with Crippen LogP contribution in [0.4, 0.5) is 0 Å².